The molecule has 3 heterocycles. The molecule has 7 nitrogen and oxygen atoms in total. The Labute approximate surface area is 180 Å². The zero-order valence-electron chi connectivity index (χ0n) is 15.3. The minimum absolute atomic E-state index is 0.254. The van der Waals surface area contributed by atoms with E-state index in [-0.39, 0.29) is 11.1 Å². The lowest BCUT2D eigenvalue weighted by Crippen LogP contribution is -2.12. The lowest BCUT2D eigenvalue weighted by molar-refractivity contribution is 0.102. The molecule has 0 aliphatic rings. The van der Waals surface area contributed by atoms with Gasteiger partial charge in [-0.25, -0.2) is 9.97 Å². The van der Waals surface area contributed by atoms with E-state index in [0.717, 1.165) is 16.0 Å². The molecule has 0 aliphatic heterocycles. The Hall–Kier alpha value is -2.88. The molecule has 2 N–H and O–H groups in total. The number of benzene rings is 1. The first kappa shape index (κ1) is 19.4. The Morgan fingerprint density at radius 3 is 3.00 bits per heavy atom. The van der Waals surface area contributed by atoms with Gasteiger partial charge < -0.3 is 0 Å². The Balaban J connectivity index is 1.69. The van der Waals surface area contributed by atoms with Crippen LogP contribution in [-0.2, 0) is 6.54 Å². The molecule has 0 aliphatic carbocycles. The summed E-state index contributed by atoms with van der Waals surface area (Å²) >= 11 is 12.7. The van der Waals surface area contributed by atoms with Crippen molar-refractivity contribution in [2.24, 2.45) is 0 Å². The number of nitrogens with one attached hydrogen (secondary N) is 2. The van der Waals surface area contributed by atoms with Gasteiger partial charge in [0, 0.05) is 11.9 Å². The van der Waals surface area contributed by atoms with Gasteiger partial charge in [0.1, 0.15) is 5.15 Å². The van der Waals surface area contributed by atoms with Crippen LogP contribution in [0.5, 0.6) is 0 Å². The molecule has 3 aromatic heterocycles. The molecule has 10 heteroatoms. The van der Waals surface area contributed by atoms with Crippen LogP contribution in [0.3, 0.4) is 0 Å². The molecule has 0 atom stereocenters. The fourth-order valence-electron chi connectivity index (χ4n) is 2.94. The number of hydrogen-bond donors (Lipinski definition) is 2. The molecule has 0 saturated carbocycles. The number of fused-ring (bicyclic) bond motifs is 1. The van der Waals surface area contributed by atoms with Crippen LogP contribution in [0.4, 0.5) is 5.13 Å². The summed E-state index contributed by atoms with van der Waals surface area (Å²) in [6, 6.07) is 8.89. The smallest absolute Gasteiger partial charge is 0.258 e. The largest absolute Gasteiger partial charge is 0.298 e. The van der Waals surface area contributed by atoms with E-state index in [0.29, 0.717) is 33.4 Å². The number of H-pyrrole nitrogens is 1. The molecule has 4 rings (SSSR count). The van der Waals surface area contributed by atoms with E-state index in [1.54, 1.807) is 12.1 Å². The van der Waals surface area contributed by atoms with Crippen LogP contribution < -0.4 is 5.32 Å². The highest BCUT2D eigenvalue weighted by atomic mass is 35.5. The molecule has 1 aromatic carbocycles. The monoisotopic (exact) mass is 442 g/mol. The van der Waals surface area contributed by atoms with Gasteiger partial charge >= 0.3 is 0 Å². The summed E-state index contributed by atoms with van der Waals surface area (Å²) in [6.07, 6.45) is 1.74. The highest BCUT2D eigenvalue weighted by Crippen LogP contribution is 2.32. The molecule has 4 aromatic rings. The van der Waals surface area contributed by atoms with Gasteiger partial charge in [-0.3, -0.25) is 19.8 Å². The van der Waals surface area contributed by atoms with Crippen LogP contribution in [-0.4, -0.2) is 30.6 Å². The van der Waals surface area contributed by atoms with E-state index in [9.17, 15) is 4.79 Å². The number of thiazole rings is 1. The lowest BCUT2D eigenvalue weighted by atomic mass is 10.1. The third kappa shape index (κ3) is 3.71. The molecule has 0 spiro atoms. The Morgan fingerprint density at radius 1 is 1.41 bits per heavy atom. The van der Waals surface area contributed by atoms with Crippen molar-refractivity contribution < 1.29 is 4.79 Å². The highest BCUT2D eigenvalue weighted by Gasteiger charge is 2.19. The molecular formula is C19H15ClN6OS2. The molecule has 0 fully saturated rings. The minimum Gasteiger partial charge on any atom is -0.298 e. The van der Waals surface area contributed by atoms with Crippen LogP contribution in [0.2, 0.25) is 5.15 Å². The topological polar surface area (TPSA) is 88.5 Å². The molecule has 0 bridgehead atoms. The van der Waals surface area contributed by atoms with E-state index in [1.165, 1.54) is 11.3 Å². The van der Waals surface area contributed by atoms with E-state index >= 15 is 0 Å². The zero-order chi connectivity index (χ0) is 20.5. The van der Waals surface area contributed by atoms with Crippen LogP contribution in [0.15, 0.2) is 43.0 Å². The Morgan fingerprint density at radius 2 is 2.21 bits per heavy atom. The molecule has 0 saturated heterocycles. The number of para-hydroxylation sites is 1. The number of rotatable bonds is 5. The number of anilines is 1. The zero-order valence-corrected chi connectivity index (χ0v) is 17.7. The normalized spacial score (nSPS) is 11.0. The first-order valence-corrected chi connectivity index (χ1v) is 10.2. The van der Waals surface area contributed by atoms with Gasteiger partial charge in [-0.2, -0.15) is 5.10 Å². The van der Waals surface area contributed by atoms with Gasteiger partial charge in [0.15, 0.2) is 15.7 Å². The van der Waals surface area contributed by atoms with E-state index in [1.807, 2.05) is 35.8 Å². The number of hydrogen-bond acceptors (Lipinski definition) is 6. The van der Waals surface area contributed by atoms with Crippen LogP contribution >= 0.6 is 35.2 Å². The van der Waals surface area contributed by atoms with Gasteiger partial charge in [-0.15, -0.1) is 6.58 Å². The van der Waals surface area contributed by atoms with Gasteiger partial charge in [0.05, 0.1) is 21.7 Å². The van der Waals surface area contributed by atoms with Crippen molar-refractivity contribution >= 4 is 57.1 Å². The third-order valence-electron chi connectivity index (χ3n) is 4.22. The standard InChI is InChI=1S/C19H15ClN6OS2/c1-3-8-26-16(24-25-19(26)28)15-10(2)21-18(29-15)23-17(27)12-9-14(20)22-13-7-5-4-6-11(12)13/h3-7,9H,1,8H2,2H3,(H,25,28)(H,21,23,27). The maximum Gasteiger partial charge on any atom is 0.258 e. The number of aromatic nitrogens is 5. The van der Waals surface area contributed by atoms with Crippen molar-refractivity contribution in [1.29, 1.82) is 0 Å². The van der Waals surface area contributed by atoms with Crippen molar-refractivity contribution in [2.75, 3.05) is 5.32 Å². The van der Waals surface area contributed by atoms with Crippen molar-refractivity contribution in [2.45, 2.75) is 13.5 Å². The lowest BCUT2D eigenvalue weighted by Gasteiger charge is -2.06. The first-order chi connectivity index (χ1) is 14.0. The molecule has 0 unspecified atom stereocenters. The van der Waals surface area contributed by atoms with Crippen molar-refractivity contribution in [3.05, 3.63) is 64.2 Å². The average molecular weight is 443 g/mol. The van der Waals surface area contributed by atoms with Gasteiger partial charge in [0.25, 0.3) is 5.91 Å². The van der Waals surface area contributed by atoms with Gasteiger partial charge in [-0.05, 0) is 31.3 Å². The summed E-state index contributed by atoms with van der Waals surface area (Å²) in [5.74, 6) is 0.346. The molecule has 29 heavy (non-hydrogen) atoms. The number of aromatic amines is 1. The Kier molecular flexibility index (Phi) is 5.27. The summed E-state index contributed by atoms with van der Waals surface area (Å²) in [7, 11) is 0. The van der Waals surface area contributed by atoms with E-state index < -0.39 is 0 Å². The molecular weight excluding hydrogens is 428 g/mol. The van der Waals surface area contributed by atoms with Crippen molar-refractivity contribution in [3.63, 3.8) is 0 Å². The summed E-state index contributed by atoms with van der Waals surface area (Å²) in [5, 5.41) is 11.4. The SMILES string of the molecule is C=CCn1c(-c2sc(NC(=O)c3cc(Cl)nc4ccccc34)nc2C)n[nH]c1=S. The number of allylic oxidation sites excluding steroid dienone is 1. The number of halogens is 1. The molecule has 0 radical (unpaired) electrons. The number of nitrogens with zero attached hydrogens (tertiary/aromatic N) is 4. The fourth-order valence-corrected chi connectivity index (χ4v) is 4.31. The van der Waals surface area contributed by atoms with Gasteiger partial charge in [-0.1, -0.05) is 47.2 Å². The fraction of sp³-hybridized carbons (Fsp3) is 0.105. The minimum atomic E-state index is -0.309. The highest BCUT2D eigenvalue weighted by molar-refractivity contribution is 7.71. The second-order valence-corrected chi connectivity index (χ2v) is 7.92. The molecule has 146 valence electrons. The number of aryl methyl sites for hydroxylation is 1. The first-order valence-electron chi connectivity index (χ1n) is 8.58. The van der Waals surface area contributed by atoms with Gasteiger partial charge in [0.2, 0.25) is 0 Å². The predicted octanol–water partition coefficient (Wildman–Crippen LogP) is 5.01. The number of carbonyl (C=O) groups is 1. The van der Waals surface area contributed by atoms with Crippen LogP contribution in [0.1, 0.15) is 16.1 Å². The number of carbonyl (C=O) groups excluding carboxylic acids is 1. The van der Waals surface area contributed by atoms with E-state index in [4.69, 9.17) is 23.8 Å². The van der Waals surface area contributed by atoms with Crippen LogP contribution in [0.25, 0.3) is 21.6 Å². The summed E-state index contributed by atoms with van der Waals surface area (Å²) < 4.78 is 2.32. The number of amides is 1. The summed E-state index contributed by atoms with van der Waals surface area (Å²) in [4.78, 5) is 22.5. The predicted molar refractivity (Wildman–Crippen MR) is 118 cm³/mol. The maximum atomic E-state index is 12.9. The second-order valence-electron chi connectivity index (χ2n) is 6.15. The number of pyridine rings is 1. The van der Waals surface area contributed by atoms with Crippen molar-refractivity contribution in [3.8, 4) is 10.7 Å². The average Bonchev–Trinajstić information content (AvgIpc) is 3.23. The Bertz CT molecular complexity index is 1310. The molecule has 1 amide bonds. The quantitative estimate of drug-likeness (QED) is 0.257. The maximum absolute atomic E-state index is 12.9. The third-order valence-corrected chi connectivity index (χ3v) is 5.79. The van der Waals surface area contributed by atoms with Crippen molar-refractivity contribution in [1.82, 2.24) is 24.7 Å². The summed E-state index contributed by atoms with van der Waals surface area (Å²) in [5.41, 5.74) is 1.83. The second kappa shape index (κ2) is 7.86. The van der Waals surface area contributed by atoms with E-state index in [2.05, 4.69) is 32.1 Å². The summed E-state index contributed by atoms with van der Waals surface area (Å²) in [6.45, 7) is 6.13. The van der Waals surface area contributed by atoms with Crippen LogP contribution in [0, 0.1) is 11.7 Å².